The number of amides is 4. The van der Waals surface area contributed by atoms with Crippen LogP contribution in [0.2, 0.25) is 0 Å². The maximum atomic E-state index is 14.1. The molecule has 2 aliphatic rings. The zero-order valence-corrected chi connectivity index (χ0v) is 14.9. The van der Waals surface area contributed by atoms with E-state index >= 15 is 0 Å². The summed E-state index contributed by atoms with van der Waals surface area (Å²) >= 11 is 0. The average Bonchev–Trinajstić information content (AvgIpc) is 2.99. The molecule has 1 aromatic carbocycles. The lowest BCUT2D eigenvalue weighted by atomic mass is 10.1. The van der Waals surface area contributed by atoms with Crippen LogP contribution in [-0.2, 0) is 14.4 Å². The molecule has 0 atom stereocenters. The predicted octanol–water partition coefficient (Wildman–Crippen LogP) is -0.0427. The van der Waals surface area contributed by atoms with Gasteiger partial charge in [0.05, 0.1) is 11.1 Å². The molecule has 2 fully saturated rings. The SMILES string of the molecule is O=C(O)c1ccc(C(=O)N2CCN(C(=O)CN3C(=O)CCC3=O)CC2)c(F)c1. The molecule has 10 heteroatoms. The molecule has 4 amide bonds. The van der Waals surface area contributed by atoms with Gasteiger partial charge in [-0.1, -0.05) is 0 Å². The normalized spacial score (nSPS) is 17.2. The fourth-order valence-electron chi connectivity index (χ4n) is 3.19. The Morgan fingerprint density at radius 2 is 1.54 bits per heavy atom. The fourth-order valence-corrected chi connectivity index (χ4v) is 3.19. The lowest BCUT2D eigenvalue weighted by Crippen LogP contribution is -2.53. The van der Waals surface area contributed by atoms with E-state index in [1.165, 1.54) is 9.80 Å². The van der Waals surface area contributed by atoms with Gasteiger partial charge in [-0.25, -0.2) is 9.18 Å². The Balaban J connectivity index is 1.58. The minimum absolute atomic E-state index is 0.112. The highest BCUT2D eigenvalue weighted by Gasteiger charge is 2.33. The Bertz CT molecular complexity index is 847. The second-order valence-electron chi connectivity index (χ2n) is 6.55. The highest BCUT2D eigenvalue weighted by molar-refractivity contribution is 6.04. The first-order chi connectivity index (χ1) is 13.3. The third-order valence-electron chi connectivity index (χ3n) is 4.81. The van der Waals surface area contributed by atoms with E-state index < -0.39 is 17.7 Å². The molecule has 0 bridgehead atoms. The number of carbonyl (C=O) groups is 5. The monoisotopic (exact) mass is 391 g/mol. The van der Waals surface area contributed by atoms with Gasteiger partial charge in [-0.05, 0) is 18.2 Å². The first-order valence-electron chi connectivity index (χ1n) is 8.71. The largest absolute Gasteiger partial charge is 0.478 e. The molecule has 3 rings (SSSR count). The van der Waals surface area contributed by atoms with Gasteiger partial charge in [0.1, 0.15) is 12.4 Å². The summed E-state index contributed by atoms with van der Waals surface area (Å²) < 4.78 is 14.1. The van der Waals surface area contributed by atoms with Crippen molar-refractivity contribution >= 4 is 29.6 Å². The number of likely N-dealkylation sites (tertiary alicyclic amines) is 1. The van der Waals surface area contributed by atoms with Crippen LogP contribution in [0.1, 0.15) is 33.6 Å². The second-order valence-corrected chi connectivity index (χ2v) is 6.55. The number of carboxylic acid groups (broad SMARTS) is 1. The minimum atomic E-state index is -1.29. The van der Waals surface area contributed by atoms with Crippen LogP contribution < -0.4 is 0 Å². The van der Waals surface area contributed by atoms with Gasteiger partial charge in [-0.3, -0.25) is 24.1 Å². The van der Waals surface area contributed by atoms with Crippen LogP contribution in [0.4, 0.5) is 4.39 Å². The number of carboxylic acids is 1. The number of hydrogen-bond donors (Lipinski definition) is 1. The third-order valence-corrected chi connectivity index (χ3v) is 4.81. The quantitative estimate of drug-likeness (QED) is 0.720. The highest BCUT2D eigenvalue weighted by Crippen LogP contribution is 2.16. The van der Waals surface area contributed by atoms with Gasteiger partial charge >= 0.3 is 5.97 Å². The summed E-state index contributed by atoms with van der Waals surface area (Å²) in [6.07, 6.45) is 0.223. The smallest absolute Gasteiger partial charge is 0.335 e. The fraction of sp³-hybridized carbons (Fsp3) is 0.389. The number of imide groups is 1. The van der Waals surface area contributed by atoms with Gasteiger partial charge in [-0.15, -0.1) is 0 Å². The second kappa shape index (κ2) is 7.75. The molecule has 9 nitrogen and oxygen atoms in total. The number of hydrogen-bond acceptors (Lipinski definition) is 5. The Labute approximate surface area is 159 Å². The molecular weight excluding hydrogens is 373 g/mol. The highest BCUT2D eigenvalue weighted by atomic mass is 19.1. The van der Waals surface area contributed by atoms with Gasteiger partial charge in [0.15, 0.2) is 0 Å². The van der Waals surface area contributed by atoms with E-state index in [0.29, 0.717) is 0 Å². The summed E-state index contributed by atoms with van der Waals surface area (Å²) in [4.78, 5) is 62.6. The third kappa shape index (κ3) is 3.85. The minimum Gasteiger partial charge on any atom is -0.478 e. The van der Waals surface area contributed by atoms with Crippen molar-refractivity contribution in [3.8, 4) is 0 Å². The lowest BCUT2D eigenvalue weighted by molar-refractivity contribution is -0.146. The summed E-state index contributed by atoms with van der Waals surface area (Å²) in [6.45, 7) is 0.390. The van der Waals surface area contributed by atoms with Crippen molar-refractivity contribution in [2.75, 3.05) is 32.7 Å². The van der Waals surface area contributed by atoms with E-state index in [0.717, 1.165) is 23.1 Å². The standard InChI is InChI=1S/C18H18FN3O6/c19-13-9-11(18(27)28)1-2-12(13)17(26)21-7-5-20(6-8-21)16(25)10-22-14(23)3-4-15(22)24/h1-2,9H,3-8,10H2,(H,27,28). The summed E-state index contributed by atoms with van der Waals surface area (Å²) in [5.41, 5.74) is -0.492. The van der Waals surface area contributed by atoms with Crippen LogP contribution in [0.15, 0.2) is 18.2 Å². The van der Waals surface area contributed by atoms with Crippen molar-refractivity contribution in [1.29, 1.82) is 0 Å². The van der Waals surface area contributed by atoms with E-state index in [9.17, 15) is 28.4 Å². The average molecular weight is 391 g/mol. The predicted molar refractivity (Wildman–Crippen MR) is 91.8 cm³/mol. The van der Waals surface area contributed by atoms with Crippen molar-refractivity contribution in [2.45, 2.75) is 12.8 Å². The topological polar surface area (TPSA) is 115 Å². The number of nitrogens with zero attached hydrogens (tertiary/aromatic N) is 3. The summed E-state index contributed by atoms with van der Waals surface area (Å²) in [7, 11) is 0. The molecule has 2 aliphatic heterocycles. The maximum Gasteiger partial charge on any atom is 0.335 e. The Hall–Kier alpha value is -3.30. The molecule has 1 N–H and O–H groups in total. The first kappa shape index (κ1) is 19.5. The van der Waals surface area contributed by atoms with E-state index in [1.807, 2.05) is 0 Å². The molecule has 148 valence electrons. The van der Waals surface area contributed by atoms with E-state index in [4.69, 9.17) is 5.11 Å². The molecule has 0 saturated carbocycles. The summed E-state index contributed by atoms with van der Waals surface area (Å²) in [6, 6.07) is 3.07. The van der Waals surface area contributed by atoms with Crippen molar-refractivity contribution in [1.82, 2.24) is 14.7 Å². The van der Waals surface area contributed by atoms with Gasteiger partial charge < -0.3 is 14.9 Å². The van der Waals surface area contributed by atoms with Crippen molar-refractivity contribution in [3.63, 3.8) is 0 Å². The Kier molecular flexibility index (Phi) is 5.39. The molecule has 0 radical (unpaired) electrons. The number of piperazine rings is 1. The van der Waals surface area contributed by atoms with E-state index in [-0.39, 0.29) is 74.4 Å². The van der Waals surface area contributed by atoms with E-state index in [2.05, 4.69) is 0 Å². The van der Waals surface area contributed by atoms with E-state index in [1.54, 1.807) is 0 Å². The Morgan fingerprint density at radius 3 is 2.07 bits per heavy atom. The molecule has 0 aromatic heterocycles. The van der Waals surface area contributed by atoms with Crippen molar-refractivity contribution < 1.29 is 33.5 Å². The molecular formula is C18H18FN3O6. The molecule has 28 heavy (non-hydrogen) atoms. The number of benzene rings is 1. The van der Waals surface area contributed by atoms with Gasteiger partial charge in [0.25, 0.3) is 5.91 Å². The van der Waals surface area contributed by atoms with Crippen molar-refractivity contribution in [3.05, 3.63) is 35.1 Å². The number of rotatable bonds is 4. The molecule has 0 aliphatic carbocycles. The van der Waals surface area contributed by atoms with Crippen molar-refractivity contribution in [2.24, 2.45) is 0 Å². The number of halogens is 1. The summed E-state index contributed by atoms with van der Waals surface area (Å²) in [5.74, 6) is -3.92. The van der Waals surface area contributed by atoms with Gasteiger partial charge in [0, 0.05) is 39.0 Å². The van der Waals surface area contributed by atoms with Gasteiger partial charge in [-0.2, -0.15) is 0 Å². The first-order valence-corrected chi connectivity index (χ1v) is 8.71. The van der Waals surface area contributed by atoms with Crippen LogP contribution >= 0.6 is 0 Å². The van der Waals surface area contributed by atoms with Crippen LogP contribution in [0.5, 0.6) is 0 Å². The molecule has 0 spiro atoms. The zero-order valence-electron chi connectivity index (χ0n) is 14.9. The van der Waals surface area contributed by atoms with Crippen LogP contribution in [0.25, 0.3) is 0 Å². The Morgan fingerprint density at radius 1 is 0.964 bits per heavy atom. The van der Waals surface area contributed by atoms with Crippen LogP contribution in [0.3, 0.4) is 0 Å². The van der Waals surface area contributed by atoms with Gasteiger partial charge in [0.2, 0.25) is 17.7 Å². The summed E-state index contributed by atoms with van der Waals surface area (Å²) in [5, 5.41) is 8.86. The number of carbonyl (C=O) groups excluding carboxylic acids is 4. The van der Waals surface area contributed by atoms with Crippen LogP contribution in [-0.4, -0.2) is 82.1 Å². The molecule has 0 unspecified atom stereocenters. The molecule has 1 aromatic rings. The zero-order chi connectivity index (χ0) is 20.4. The maximum absolute atomic E-state index is 14.1. The van der Waals surface area contributed by atoms with Crippen LogP contribution in [0, 0.1) is 5.82 Å². The number of aromatic carboxylic acids is 1. The lowest BCUT2D eigenvalue weighted by Gasteiger charge is -2.35. The molecule has 2 heterocycles. The molecule has 2 saturated heterocycles.